The zero-order valence-corrected chi connectivity index (χ0v) is 12.4. The van der Waals surface area contributed by atoms with Crippen molar-refractivity contribution in [3.05, 3.63) is 36.0 Å². The lowest BCUT2D eigenvalue weighted by molar-refractivity contribution is 0.205. The van der Waals surface area contributed by atoms with Gasteiger partial charge >= 0.3 is 0 Å². The van der Waals surface area contributed by atoms with Crippen LogP contribution in [-0.4, -0.2) is 29.0 Å². The van der Waals surface area contributed by atoms with Gasteiger partial charge in [-0.3, -0.25) is 0 Å². The summed E-state index contributed by atoms with van der Waals surface area (Å²) in [5, 5.41) is 7.47. The van der Waals surface area contributed by atoms with Crippen LogP contribution >= 0.6 is 11.8 Å². The van der Waals surface area contributed by atoms with Gasteiger partial charge in [0, 0.05) is 17.1 Å². The van der Waals surface area contributed by atoms with Gasteiger partial charge in [0.25, 0.3) is 0 Å². The minimum atomic E-state index is -0.121. The van der Waals surface area contributed by atoms with Gasteiger partial charge < -0.3 is 14.6 Å². The van der Waals surface area contributed by atoms with Crippen molar-refractivity contribution < 1.29 is 9.26 Å². The molecule has 0 bridgehead atoms. The quantitative estimate of drug-likeness (QED) is 0.940. The maximum atomic E-state index is 5.98. The second-order valence-corrected chi connectivity index (χ2v) is 6.54. The number of nitrogens with one attached hydrogen (secondary N) is 1. The second-order valence-electron chi connectivity index (χ2n) is 5.47. The Morgan fingerprint density at radius 3 is 3.19 bits per heavy atom. The fourth-order valence-corrected chi connectivity index (χ4v) is 3.75. The first kappa shape index (κ1) is 13.2. The highest BCUT2D eigenvalue weighted by atomic mass is 32.2. The fourth-order valence-electron chi connectivity index (χ4n) is 2.76. The van der Waals surface area contributed by atoms with E-state index >= 15 is 0 Å². The Morgan fingerprint density at radius 2 is 2.29 bits per heavy atom. The number of para-hydroxylation sites is 1. The van der Waals surface area contributed by atoms with Crippen LogP contribution in [0.25, 0.3) is 0 Å². The zero-order chi connectivity index (χ0) is 14.1. The first-order chi connectivity index (χ1) is 10.4. The number of fused-ring (bicyclic) bond motifs is 1. The summed E-state index contributed by atoms with van der Waals surface area (Å²) in [5.41, 5.74) is 0. The average molecular weight is 303 g/mol. The Morgan fingerprint density at radius 1 is 1.33 bits per heavy atom. The molecule has 2 aliphatic rings. The highest BCUT2D eigenvalue weighted by molar-refractivity contribution is 7.99. The number of thioether (sulfide) groups is 1. The summed E-state index contributed by atoms with van der Waals surface area (Å²) in [5.74, 6) is 3.73. The van der Waals surface area contributed by atoms with E-state index < -0.39 is 0 Å². The van der Waals surface area contributed by atoms with E-state index in [2.05, 4.69) is 21.5 Å². The molecule has 0 spiro atoms. The summed E-state index contributed by atoms with van der Waals surface area (Å²) in [4.78, 5) is 5.70. The van der Waals surface area contributed by atoms with E-state index in [1.54, 1.807) is 11.8 Å². The number of nitrogens with zero attached hydrogens (tertiary/aromatic N) is 2. The molecule has 3 heterocycles. The third-order valence-electron chi connectivity index (χ3n) is 3.91. The predicted molar refractivity (Wildman–Crippen MR) is 79.5 cm³/mol. The lowest BCUT2D eigenvalue weighted by Crippen LogP contribution is -2.16. The molecule has 0 aliphatic carbocycles. The van der Waals surface area contributed by atoms with Crippen LogP contribution in [0.3, 0.4) is 0 Å². The van der Waals surface area contributed by atoms with Crippen LogP contribution in [-0.2, 0) is 6.42 Å². The third kappa shape index (κ3) is 2.78. The van der Waals surface area contributed by atoms with Crippen molar-refractivity contribution in [1.29, 1.82) is 0 Å². The number of hydrogen-bond donors (Lipinski definition) is 1. The van der Waals surface area contributed by atoms with E-state index in [0.717, 1.165) is 36.9 Å². The van der Waals surface area contributed by atoms with Crippen molar-refractivity contribution in [1.82, 2.24) is 15.5 Å². The van der Waals surface area contributed by atoms with Crippen molar-refractivity contribution in [2.45, 2.75) is 23.8 Å². The van der Waals surface area contributed by atoms with Gasteiger partial charge in [-0.15, -0.1) is 11.8 Å². The molecule has 6 heteroatoms. The van der Waals surface area contributed by atoms with Gasteiger partial charge in [-0.1, -0.05) is 17.3 Å². The number of aromatic nitrogens is 2. The fraction of sp³-hybridized carbons (Fsp3) is 0.467. The largest absolute Gasteiger partial charge is 0.480 e. The Labute approximate surface area is 127 Å². The molecule has 1 saturated heterocycles. The van der Waals surface area contributed by atoms with Gasteiger partial charge in [-0.05, 0) is 37.6 Å². The van der Waals surface area contributed by atoms with Crippen LogP contribution in [0.4, 0.5) is 0 Å². The second kappa shape index (κ2) is 5.69. The van der Waals surface area contributed by atoms with E-state index in [9.17, 15) is 0 Å². The van der Waals surface area contributed by atoms with Gasteiger partial charge in [-0.2, -0.15) is 4.98 Å². The highest BCUT2D eigenvalue weighted by Gasteiger charge is 2.27. The van der Waals surface area contributed by atoms with Gasteiger partial charge in [-0.25, -0.2) is 0 Å². The molecule has 0 amide bonds. The molecule has 0 saturated carbocycles. The van der Waals surface area contributed by atoms with Crippen molar-refractivity contribution in [2.24, 2.45) is 5.92 Å². The molecule has 2 aliphatic heterocycles. The molecule has 1 aromatic heterocycles. The standard InChI is InChI=1S/C15H17N3O2S/c1-2-4-13-11(3-1)19-12(9-21-13)15-17-14(20-18-15)7-10-5-6-16-8-10/h1-4,10,12,16H,5-9H2. The number of benzene rings is 1. The minimum Gasteiger partial charge on any atom is -0.480 e. The summed E-state index contributed by atoms with van der Waals surface area (Å²) < 4.78 is 11.4. The molecule has 2 unspecified atom stereocenters. The van der Waals surface area contributed by atoms with E-state index in [1.165, 1.54) is 11.3 Å². The van der Waals surface area contributed by atoms with Crippen LogP contribution < -0.4 is 10.1 Å². The monoisotopic (exact) mass is 303 g/mol. The van der Waals surface area contributed by atoms with E-state index in [-0.39, 0.29) is 6.10 Å². The topological polar surface area (TPSA) is 60.2 Å². The van der Waals surface area contributed by atoms with Crippen molar-refractivity contribution in [3.63, 3.8) is 0 Å². The lowest BCUT2D eigenvalue weighted by Gasteiger charge is -2.22. The van der Waals surface area contributed by atoms with E-state index in [4.69, 9.17) is 9.26 Å². The van der Waals surface area contributed by atoms with Crippen molar-refractivity contribution >= 4 is 11.8 Å². The number of hydrogen-bond acceptors (Lipinski definition) is 6. The number of ether oxygens (including phenoxy) is 1. The molecule has 4 rings (SSSR count). The zero-order valence-electron chi connectivity index (χ0n) is 11.6. The smallest absolute Gasteiger partial charge is 0.227 e. The molecule has 110 valence electrons. The summed E-state index contributed by atoms with van der Waals surface area (Å²) in [6, 6.07) is 8.07. The Bertz CT molecular complexity index is 625. The Kier molecular flexibility index (Phi) is 3.57. The molecule has 1 aromatic carbocycles. The van der Waals surface area contributed by atoms with Gasteiger partial charge in [0.15, 0.2) is 6.10 Å². The van der Waals surface area contributed by atoms with Crippen molar-refractivity contribution in [2.75, 3.05) is 18.8 Å². The lowest BCUT2D eigenvalue weighted by atomic mass is 10.1. The molecular weight excluding hydrogens is 286 g/mol. The van der Waals surface area contributed by atoms with E-state index in [1.807, 2.05) is 18.2 Å². The maximum absolute atomic E-state index is 5.98. The first-order valence-corrected chi connectivity index (χ1v) is 8.29. The summed E-state index contributed by atoms with van der Waals surface area (Å²) in [7, 11) is 0. The molecule has 1 fully saturated rings. The minimum absolute atomic E-state index is 0.121. The summed E-state index contributed by atoms with van der Waals surface area (Å²) in [6.45, 7) is 2.13. The summed E-state index contributed by atoms with van der Waals surface area (Å²) in [6.07, 6.45) is 1.92. The molecule has 1 N–H and O–H groups in total. The first-order valence-electron chi connectivity index (χ1n) is 7.30. The SMILES string of the molecule is c1ccc2c(c1)OC(c1noc(CC3CCNC3)n1)CS2. The maximum Gasteiger partial charge on any atom is 0.227 e. The summed E-state index contributed by atoms with van der Waals surface area (Å²) >= 11 is 1.78. The van der Waals surface area contributed by atoms with Crippen LogP contribution in [0, 0.1) is 5.92 Å². The molecule has 2 atom stereocenters. The number of rotatable bonds is 3. The van der Waals surface area contributed by atoms with Gasteiger partial charge in [0.05, 0.1) is 0 Å². The van der Waals surface area contributed by atoms with Crippen LogP contribution in [0.15, 0.2) is 33.7 Å². The average Bonchev–Trinajstić information content (AvgIpc) is 3.19. The van der Waals surface area contributed by atoms with Gasteiger partial charge in [0.1, 0.15) is 5.75 Å². The molecular formula is C15H17N3O2S. The van der Waals surface area contributed by atoms with Crippen LogP contribution in [0.1, 0.15) is 24.2 Å². The molecule has 2 aromatic rings. The van der Waals surface area contributed by atoms with E-state index in [0.29, 0.717) is 11.7 Å². The van der Waals surface area contributed by atoms with Crippen LogP contribution in [0.5, 0.6) is 5.75 Å². The Balaban J connectivity index is 1.46. The molecule has 21 heavy (non-hydrogen) atoms. The third-order valence-corrected chi connectivity index (χ3v) is 5.02. The normalized spacial score (nSPS) is 24.6. The van der Waals surface area contributed by atoms with Crippen molar-refractivity contribution in [3.8, 4) is 5.75 Å². The molecule has 5 nitrogen and oxygen atoms in total. The predicted octanol–water partition coefficient (Wildman–Crippen LogP) is 2.45. The highest BCUT2D eigenvalue weighted by Crippen LogP contribution is 2.39. The Hall–Kier alpha value is -1.53. The molecule has 0 radical (unpaired) electrons. The van der Waals surface area contributed by atoms with Crippen LogP contribution in [0.2, 0.25) is 0 Å². The van der Waals surface area contributed by atoms with Gasteiger partial charge in [0.2, 0.25) is 11.7 Å².